The maximum atomic E-state index is 12.2. The minimum absolute atomic E-state index is 0.0573. The van der Waals surface area contributed by atoms with Gasteiger partial charge in [-0.3, -0.25) is 9.59 Å². The van der Waals surface area contributed by atoms with Gasteiger partial charge in [-0.15, -0.1) is 0 Å². The molecular weight excluding hydrogens is 242 g/mol. The average Bonchev–Trinajstić information content (AvgIpc) is 3.03. The van der Waals surface area contributed by atoms with Crippen molar-refractivity contribution in [3.63, 3.8) is 0 Å². The quantitative estimate of drug-likeness (QED) is 0.772. The number of carbonyl (C=O) groups is 2. The standard InChI is InChI=1S/C14H15N3O2/c18-13-5-4-9(17-13)8-16-14(19)11-2-1-3-12-10(11)6-7-15-12/h1-3,6-7,9,15H,4-5,8H2,(H,16,19)(H,17,18). The Morgan fingerprint density at radius 2 is 2.26 bits per heavy atom. The van der Waals surface area contributed by atoms with Crippen LogP contribution in [0.1, 0.15) is 23.2 Å². The molecule has 0 aliphatic carbocycles. The lowest BCUT2D eigenvalue weighted by atomic mass is 10.1. The molecule has 1 unspecified atom stereocenters. The minimum atomic E-state index is -0.105. The van der Waals surface area contributed by atoms with Gasteiger partial charge in [0.15, 0.2) is 0 Å². The Labute approximate surface area is 110 Å². The van der Waals surface area contributed by atoms with Gasteiger partial charge in [0, 0.05) is 41.7 Å². The first-order valence-electron chi connectivity index (χ1n) is 6.38. The zero-order valence-corrected chi connectivity index (χ0v) is 10.4. The molecule has 1 fully saturated rings. The summed E-state index contributed by atoms with van der Waals surface area (Å²) >= 11 is 0. The second-order valence-electron chi connectivity index (χ2n) is 4.76. The molecule has 2 amide bonds. The summed E-state index contributed by atoms with van der Waals surface area (Å²) in [7, 11) is 0. The molecule has 1 aliphatic heterocycles. The maximum absolute atomic E-state index is 12.2. The van der Waals surface area contributed by atoms with Gasteiger partial charge in [-0.05, 0) is 24.6 Å². The van der Waals surface area contributed by atoms with Crippen molar-refractivity contribution in [2.75, 3.05) is 6.54 Å². The summed E-state index contributed by atoms with van der Waals surface area (Å²) in [6, 6.07) is 7.54. The topological polar surface area (TPSA) is 74.0 Å². The third-order valence-electron chi connectivity index (χ3n) is 3.43. The van der Waals surface area contributed by atoms with Gasteiger partial charge in [0.05, 0.1) is 0 Å². The van der Waals surface area contributed by atoms with Gasteiger partial charge in [-0.1, -0.05) is 6.07 Å². The normalized spacial score (nSPS) is 18.5. The molecule has 0 radical (unpaired) electrons. The van der Waals surface area contributed by atoms with Crippen LogP contribution in [0.4, 0.5) is 0 Å². The van der Waals surface area contributed by atoms with Crippen molar-refractivity contribution < 1.29 is 9.59 Å². The molecule has 1 aromatic heterocycles. The Morgan fingerprint density at radius 1 is 1.37 bits per heavy atom. The summed E-state index contributed by atoms with van der Waals surface area (Å²) in [5.41, 5.74) is 1.60. The van der Waals surface area contributed by atoms with Crippen molar-refractivity contribution in [2.45, 2.75) is 18.9 Å². The monoisotopic (exact) mass is 257 g/mol. The van der Waals surface area contributed by atoms with E-state index in [4.69, 9.17) is 0 Å². The third-order valence-corrected chi connectivity index (χ3v) is 3.43. The van der Waals surface area contributed by atoms with Crippen molar-refractivity contribution in [3.05, 3.63) is 36.0 Å². The molecule has 0 saturated carbocycles. The molecular formula is C14H15N3O2. The molecule has 2 aromatic rings. The number of aromatic nitrogens is 1. The molecule has 5 heteroatoms. The molecule has 2 heterocycles. The van der Waals surface area contributed by atoms with E-state index in [1.807, 2.05) is 24.4 Å². The number of rotatable bonds is 3. The lowest BCUT2D eigenvalue weighted by Gasteiger charge is -2.11. The zero-order chi connectivity index (χ0) is 13.2. The van der Waals surface area contributed by atoms with Crippen LogP contribution in [0.5, 0.6) is 0 Å². The van der Waals surface area contributed by atoms with Crippen molar-refractivity contribution in [2.24, 2.45) is 0 Å². The summed E-state index contributed by atoms with van der Waals surface area (Å²) in [6.45, 7) is 0.478. The molecule has 1 aliphatic rings. The SMILES string of the molecule is O=C1CCC(CNC(=O)c2cccc3[nH]ccc23)N1. The zero-order valence-electron chi connectivity index (χ0n) is 10.4. The van der Waals surface area contributed by atoms with E-state index in [1.54, 1.807) is 6.07 Å². The van der Waals surface area contributed by atoms with Crippen molar-refractivity contribution in [1.82, 2.24) is 15.6 Å². The Morgan fingerprint density at radius 3 is 3.05 bits per heavy atom. The van der Waals surface area contributed by atoms with Crippen LogP contribution in [0.2, 0.25) is 0 Å². The van der Waals surface area contributed by atoms with Crippen LogP contribution in [-0.4, -0.2) is 29.4 Å². The number of nitrogens with one attached hydrogen (secondary N) is 3. The van der Waals surface area contributed by atoms with Gasteiger partial charge >= 0.3 is 0 Å². The first kappa shape index (κ1) is 11.8. The molecule has 3 N–H and O–H groups in total. The van der Waals surface area contributed by atoms with Crippen LogP contribution < -0.4 is 10.6 Å². The molecule has 19 heavy (non-hydrogen) atoms. The van der Waals surface area contributed by atoms with Gasteiger partial charge < -0.3 is 15.6 Å². The Hall–Kier alpha value is -2.30. The summed E-state index contributed by atoms with van der Waals surface area (Å²) in [5.74, 6) is -0.0432. The van der Waals surface area contributed by atoms with E-state index in [-0.39, 0.29) is 17.9 Å². The number of H-pyrrole nitrogens is 1. The van der Waals surface area contributed by atoms with E-state index in [2.05, 4.69) is 15.6 Å². The summed E-state index contributed by atoms with van der Waals surface area (Å²) in [6.07, 6.45) is 3.15. The summed E-state index contributed by atoms with van der Waals surface area (Å²) in [5, 5.41) is 6.62. The Kier molecular flexibility index (Phi) is 2.95. The first-order valence-corrected chi connectivity index (χ1v) is 6.38. The van der Waals surface area contributed by atoms with E-state index in [0.717, 1.165) is 17.3 Å². The molecule has 0 bridgehead atoms. The highest BCUT2D eigenvalue weighted by molar-refractivity contribution is 6.06. The molecule has 0 spiro atoms. The fourth-order valence-electron chi connectivity index (χ4n) is 2.42. The van der Waals surface area contributed by atoms with Crippen molar-refractivity contribution >= 4 is 22.7 Å². The fraction of sp³-hybridized carbons (Fsp3) is 0.286. The summed E-state index contributed by atoms with van der Waals surface area (Å²) < 4.78 is 0. The van der Waals surface area contributed by atoms with Gasteiger partial charge in [0.1, 0.15) is 0 Å². The minimum Gasteiger partial charge on any atom is -0.361 e. The van der Waals surface area contributed by atoms with Crippen LogP contribution in [0.15, 0.2) is 30.5 Å². The molecule has 1 atom stereocenters. The third kappa shape index (κ3) is 2.31. The molecule has 1 aromatic carbocycles. The molecule has 1 saturated heterocycles. The first-order chi connectivity index (χ1) is 9.24. The Bertz CT molecular complexity index is 632. The highest BCUT2D eigenvalue weighted by atomic mass is 16.2. The van der Waals surface area contributed by atoms with Crippen LogP contribution in [0.3, 0.4) is 0 Å². The summed E-state index contributed by atoms with van der Waals surface area (Å²) in [4.78, 5) is 26.3. The van der Waals surface area contributed by atoms with E-state index < -0.39 is 0 Å². The maximum Gasteiger partial charge on any atom is 0.252 e. The number of hydrogen-bond donors (Lipinski definition) is 3. The van der Waals surface area contributed by atoms with Gasteiger partial charge in [-0.25, -0.2) is 0 Å². The second kappa shape index (κ2) is 4.76. The van der Waals surface area contributed by atoms with Crippen molar-refractivity contribution in [1.29, 1.82) is 0 Å². The lowest BCUT2D eigenvalue weighted by molar-refractivity contribution is -0.119. The number of benzene rings is 1. The van der Waals surface area contributed by atoms with E-state index >= 15 is 0 Å². The molecule has 98 valence electrons. The highest BCUT2D eigenvalue weighted by Crippen LogP contribution is 2.17. The van der Waals surface area contributed by atoms with Gasteiger partial charge in [0.25, 0.3) is 5.91 Å². The van der Waals surface area contributed by atoms with Crippen LogP contribution in [0.25, 0.3) is 10.9 Å². The number of aromatic amines is 1. The van der Waals surface area contributed by atoms with E-state index in [0.29, 0.717) is 18.5 Å². The van der Waals surface area contributed by atoms with Crippen LogP contribution in [-0.2, 0) is 4.79 Å². The lowest BCUT2D eigenvalue weighted by Crippen LogP contribution is -2.38. The predicted octanol–water partition coefficient (Wildman–Crippen LogP) is 1.18. The fourth-order valence-corrected chi connectivity index (χ4v) is 2.42. The van der Waals surface area contributed by atoms with Gasteiger partial charge in [0.2, 0.25) is 5.91 Å². The predicted molar refractivity (Wildman–Crippen MR) is 71.8 cm³/mol. The van der Waals surface area contributed by atoms with Crippen LogP contribution >= 0.6 is 0 Å². The second-order valence-corrected chi connectivity index (χ2v) is 4.76. The molecule has 3 rings (SSSR count). The number of hydrogen-bond acceptors (Lipinski definition) is 2. The largest absolute Gasteiger partial charge is 0.361 e. The van der Waals surface area contributed by atoms with E-state index in [1.165, 1.54) is 0 Å². The average molecular weight is 257 g/mol. The number of amides is 2. The van der Waals surface area contributed by atoms with E-state index in [9.17, 15) is 9.59 Å². The Balaban J connectivity index is 1.70. The molecule has 5 nitrogen and oxygen atoms in total. The van der Waals surface area contributed by atoms with Crippen LogP contribution in [0, 0.1) is 0 Å². The van der Waals surface area contributed by atoms with Gasteiger partial charge in [-0.2, -0.15) is 0 Å². The number of carbonyl (C=O) groups excluding carboxylic acids is 2. The van der Waals surface area contributed by atoms with Crippen molar-refractivity contribution in [3.8, 4) is 0 Å². The number of fused-ring (bicyclic) bond motifs is 1. The highest BCUT2D eigenvalue weighted by Gasteiger charge is 2.21. The smallest absolute Gasteiger partial charge is 0.252 e.